The number of methoxy groups -OCH3 is 1. The number of nitrogens with one attached hydrogen (secondary N) is 1. The van der Waals surface area contributed by atoms with Gasteiger partial charge in [-0.3, -0.25) is 9.59 Å². The van der Waals surface area contributed by atoms with Gasteiger partial charge in [-0.15, -0.1) is 0 Å². The van der Waals surface area contributed by atoms with E-state index in [0.717, 1.165) is 6.42 Å². The average molecular weight is 276 g/mol. The van der Waals surface area contributed by atoms with Crippen LogP contribution in [0.2, 0.25) is 0 Å². The van der Waals surface area contributed by atoms with Gasteiger partial charge in [-0.25, -0.2) is 0 Å². The van der Waals surface area contributed by atoms with Crippen LogP contribution in [0.1, 0.15) is 30.1 Å². The molecule has 1 aromatic rings. The molecule has 0 saturated heterocycles. The maximum Gasteiger partial charge on any atom is 0.254 e. The molecule has 108 valence electrons. The van der Waals surface area contributed by atoms with Crippen molar-refractivity contribution in [3.05, 3.63) is 29.8 Å². The number of hydrogen-bond acceptors (Lipinski definition) is 3. The van der Waals surface area contributed by atoms with E-state index in [-0.39, 0.29) is 11.8 Å². The summed E-state index contributed by atoms with van der Waals surface area (Å²) in [5.74, 6) is -0.239. The predicted molar refractivity (Wildman–Crippen MR) is 76.8 cm³/mol. The smallest absolute Gasteiger partial charge is 0.254 e. The number of carbonyl (C=O) groups excluding carboxylic acids is 2. The highest BCUT2D eigenvalue weighted by Crippen LogP contribution is 2.24. The zero-order valence-corrected chi connectivity index (χ0v) is 11.9. The lowest BCUT2D eigenvalue weighted by Crippen LogP contribution is -2.45. The fraction of sp³-hybridized carbons (Fsp3) is 0.467. The number of amides is 2. The first-order chi connectivity index (χ1) is 9.69. The van der Waals surface area contributed by atoms with Gasteiger partial charge in [-0.05, 0) is 25.0 Å². The molecule has 0 aliphatic carbocycles. The van der Waals surface area contributed by atoms with Crippen molar-refractivity contribution in [1.29, 1.82) is 0 Å². The van der Waals surface area contributed by atoms with Gasteiger partial charge in [0.05, 0.1) is 11.3 Å². The van der Waals surface area contributed by atoms with Crippen molar-refractivity contribution in [1.82, 2.24) is 5.32 Å². The molecule has 2 rings (SSSR count). The molecule has 0 bridgehead atoms. The van der Waals surface area contributed by atoms with E-state index in [2.05, 4.69) is 5.32 Å². The van der Waals surface area contributed by atoms with Crippen molar-refractivity contribution in [2.24, 2.45) is 0 Å². The van der Waals surface area contributed by atoms with Crippen LogP contribution in [0, 0.1) is 0 Å². The highest BCUT2D eigenvalue weighted by Gasteiger charge is 2.32. The average Bonchev–Trinajstić information content (AvgIpc) is 2.57. The Bertz CT molecular complexity index is 502. The number of benzene rings is 1. The summed E-state index contributed by atoms with van der Waals surface area (Å²) in [5, 5.41) is 2.79. The number of para-hydroxylation sites is 1. The number of ether oxygens (including phenoxy) is 1. The van der Waals surface area contributed by atoms with Gasteiger partial charge in [0, 0.05) is 20.3 Å². The maximum atomic E-state index is 12.5. The highest BCUT2D eigenvalue weighted by atomic mass is 16.5. The van der Waals surface area contributed by atoms with Crippen LogP contribution >= 0.6 is 0 Å². The summed E-state index contributed by atoms with van der Waals surface area (Å²) >= 11 is 0. The number of anilines is 1. The lowest BCUT2D eigenvalue weighted by molar-refractivity contribution is -0.120. The van der Waals surface area contributed by atoms with Gasteiger partial charge in [0.2, 0.25) is 5.91 Å². The molecule has 1 aliphatic heterocycles. The van der Waals surface area contributed by atoms with Crippen LogP contribution in [0.25, 0.3) is 0 Å². The molecule has 20 heavy (non-hydrogen) atoms. The molecule has 1 aliphatic rings. The molecule has 1 unspecified atom stereocenters. The fourth-order valence-electron chi connectivity index (χ4n) is 2.38. The molecule has 5 nitrogen and oxygen atoms in total. The Kier molecular flexibility index (Phi) is 4.74. The zero-order valence-electron chi connectivity index (χ0n) is 11.9. The van der Waals surface area contributed by atoms with Crippen LogP contribution in [0.3, 0.4) is 0 Å². The first-order valence-corrected chi connectivity index (χ1v) is 6.89. The summed E-state index contributed by atoms with van der Waals surface area (Å²) in [6, 6.07) is 6.76. The van der Waals surface area contributed by atoms with Gasteiger partial charge in [0.25, 0.3) is 5.91 Å². The van der Waals surface area contributed by atoms with E-state index in [9.17, 15) is 9.59 Å². The minimum absolute atomic E-state index is 0.0538. The van der Waals surface area contributed by atoms with Crippen molar-refractivity contribution in [3.63, 3.8) is 0 Å². The van der Waals surface area contributed by atoms with Gasteiger partial charge in [-0.1, -0.05) is 19.1 Å². The third kappa shape index (κ3) is 2.82. The second-order valence-electron chi connectivity index (χ2n) is 4.79. The third-order valence-electron chi connectivity index (χ3n) is 3.45. The van der Waals surface area contributed by atoms with Gasteiger partial charge in [0.15, 0.2) is 0 Å². The Morgan fingerprint density at radius 1 is 1.30 bits per heavy atom. The largest absolute Gasteiger partial charge is 0.385 e. The molecule has 1 aromatic carbocycles. The predicted octanol–water partition coefficient (Wildman–Crippen LogP) is 1.58. The number of rotatable bonds is 5. The molecule has 1 heterocycles. The summed E-state index contributed by atoms with van der Waals surface area (Å²) in [7, 11) is 1.64. The summed E-state index contributed by atoms with van der Waals surface area (Å²) in [5.41, 5.74) is 1.23. The van der Waals surface area contributed by atoms with E-state index in [1.807, 2.05) is 25.1 Å². The van der Waals surface area contributed by atoms with Gasteiger partial charge < -0.3 is 15.0 Å². The minimum Gasteiger partial charge on any atom is -0.385 e. The Morgan fingerprint density at radius 3 is 2.75 bits per heavy atom. The van der Waals surface area contributed by atoms with E-state index in [1.165, 1.54) is 0 Å². The summed E-state index contributed by atoms with van der Waals surface area (Å²) in [6.45, 7) is 3.03. The molecule has 0 saturated carbocycles. The van der Waals surface area contributed by atoms with E-state index >= 15 is 0 Å². The Hall–Kier alpha value is -1.88. The van der Waals surface area contributed by atoms with Crippen LogP contribution in [0.15, 0.2) is 24.3 Å². The van der Waals surface area contributed by atoms with E-state index in [0.29, 0.717) is 30.8 Å². The van der Waals surface area contributed by atoms with E-state index in [4.69, 9.17) is 4.74 Å². The first-order valence-electron chi connectivity index (χ1n) is 6.89. The molecule has 5 heteroatoms. The second kappa shape index (κ2) is 6.52. The zero-order chi connectivity index (χ0) is 14.5. The molecular formula is C15H20N2O3. The van der Waals surface area contributed by atoms with Crippen LogP contribution < -0.4 is 10.2 Å². The molecule has 0 spiro atoms. The van der Waals surface area contributed by atoms with Crippen molar-refractivity contribution >= 4 is 17.5 Å². The lowest BCUT2D eigenvalue weighted by Gasteiger charge is -2.24. The first kappa shape index (κ1) is 14.5. The molecule has 0 radical (unpaired) electrons. The van der Waals surface area contributed by atoms with Gasteiger partial charge in [-0.2, -0.15) is 0 Å². The number of nitrogens with zero attached hydrogens (tertiary/aromatic N) is 1. The van der Waals surface area contributed by atoms with Crippen LogP contribution in [-0.4, -0.2) is 38.1 Å². The summed E-state index contributed by atoms with van der Waals surface area (Å²) in [4.78, 5) is 26.4. The van der Waals surface area contributed by atoms with Crippen LogP contribution in [0.4, 0.5) is 5.69 Å². The Balaban J connectivity index is 2.35. The van der Waals surface area contributed by atoms with Crippen molar-refractivity contribution in [2.45, 2.75) is 25.8 Å². The fourth-order valence-corrected chi connectivity index (χ4v) is 2.38. The van der Waals surface area contributed by atoms with Gasteiger partial charge in [0.1, 0.15) is 6.04 Å². The standard InChI is InChI=1S/C15H20N2O3/c1-3-12-15(19)17(9-6-10-20-2)13-8-5-4-7-11(13)14(18)16-12/h4-5,7-8,12H,3,6,9-10H2,1-2H3,(H,16,18). The SMILES string of the molecule is CCC1NC(=O)c2ccccc2N(CCCOC)C1=O. The molecule has 0 fully saturated rings. The summed E-state index contributed by atoms with van der Waals surface area (Å²) < 4.78 is 5.04. The van der Waals surface area contributed by atoms with Crippen molar-refractivity contribution in [3.8, 4) is 0 Å². The summed E-state index contributed by atoms with van der Waals surface area (Å²) in [6.07, 6.45) is 1.32. The second-order valence-corrected chi connectivity index (χ2v) is 4.79. The molecule has 1 atom stereocenters. The Morgan fingerprint density at radius 2 is 2.05 bits per heavy atom. The molecular weight excluding hydrogens is 256 g/mol. The highest BCUT2D eigenvalue weighted by molar-refractivity contribution is 6.10. The molecule has 1 N–H and O–H groups in total. The topological polar surface area (TPSA) is 58.6 Å². The number of carbonyl (C=O) groups is 2. The Labute approximate surface area is 118 Å². The maximum absolute atomic E-state index is 12.5. The van der Waals surface area contributed by atoms with Gasteiger partial charge >= 0.3 is 0 Å². The number of hydrogen-bond donors (Lipinski definition) is 1. The monoisotopic (exact) mass is 276 g/mol. The van der Waals surface area contributed by atoms with E-state index in [1.54, 1.807) is 18.1 Å². The van der Waals surface area contributed by atoms with Crippen molar-refractivity contribution in [2.75, 3.05) is 25.2 Å². The van der Waals surface area contributed by atoms with Crippen molar-refractivity contribution < 1.29 is 14.3 Å². The molecule has 0 aromatic heterocycles. The van der Waals surface area contributed by atoms with Crippen LogP contribution in [0.5, 0.6) is 0 Å². The quantitative estimate of drug-likeness (QED) is 0.831. The number of fused-ring (bicyclic) bond motifs is 1. The third-order valence-corrected chi connectivity index (χ3v) is 3.45. The van der Waals surface area contributed by atoms with E-state index < -0.39 is 6.04 Å². The molecule has 2 amide bonds. The minimum atomic E-state index is -0.461. The lowest BCUT2D eigenvalue weighted by atomic mass is 10.1. The normalized spacial score (nSPS) is 18.5. The van der Waals surface area contributed by atoms with Crippen LogP contribution in [-0.2, 0) is 9.53 Å².